The van der Waals surface area contributed by atoms with E-state index in [1.165, 1.54) is 14.2 Å². The van der Waals surface area contributed by atoms with E-state index in [0.29, 0.717) is 33.9 Å². The van der Waals surface area contributed by atoms with Crippen LogP contribution < -0.4 is 31.2 Å². The van der Waals surface area contributed by atoms with Gasteiger partial charge in [0.15, 0.2) is 0 Å². The van der Waals surface area contributed by atoms with Crippen molar-refractivity contribution in [3.05, 3.63) is 83.7 Å². The molecule has 3 rings (SSSR count). The molecule has 2 aromatic rings. The smallest absolute Gasteiger partial charge is 0.321 e. The van der Waals surface area contributed by atoms with Crippen LogP contribution in [0.5, 0.6) is 11.5 Å². The van der Waals surface area contributed by atoms with Gasteiger partial charge in [0.2, 0.25) is 0 Å². The molecule has 0 aromatic heterocycles. The van der Waals surface area contributed by atoms with E-state index in [-0.39, 0.29) is 12.4 Å². The van der Waals surface area contributed by atoms with Crippen LogP contribution in [0.2, 0.25) is 0 Å². The van der Waals surface area contributed by atoms with Gasteiger partial charge in [-0.05, 0) is 42.0 Å². The summed E-state index contributed by atoms with van der Waals surface area (Å²) in [5, 5.41) is 28.5. The fourth-order valence-electron chi connectivity index (χ4n) is 3.56. The minimum atomic E-state index is -0.951. The number of hydroxylamine groups is 2. The Balaban J connectivity index is 1.95. The summed E-state index contributed by atoms with van der Waals surface area (Å²) in [6.07, 6.45) is 5.70. The maximum atomic E-state index is 12.7. The number of methoxy groups -OCH3 is 2. The van der Waals surface area contributed by atoms with Crippen molar-refractivity contribution in [3.8, 4) is 17.6 Å². The van der Waals surface area contributed by atoms with Crippen LogP contribution in [-0.4, -0.2) is 43.2 Å². The van der Waals surface area contributed by atoms with Gasteiger partial charge in [-0.25, -0.2) is 9.86 Å². The number of nitrogens with two attached hydrogens (primary N) is 1. The van der Waals surface area contributed by atoms with Crippen LogP contribution in [0.25, 0.3) is 6.08 Å². The lowest BCUT2D eigenvalue weighted by molar-refractivity contribution is -0.0506. The van der Waals surface area contributed by atoms with Gasteiger partial charge in [-0.3, -0.25) is 10.5 Å². The lowest BCUT2D eigenvalue weighted by atomic mass is 9.96. The van der Waals surface area contributed by atoms with E-state index in [9.17, 15) is 10.0 Å². The number of anilines is 1. The van der Waals surface area contributed by atoms with E-state index in [0.717, 1.165) is 5.06 Å². The number of nitrogens with one attached hydrogen (secondary N) is 3. The van der Waals surface area contributed by atoms with Crippen molar-refractivity contribution >= 4 is 17.8 Å². The first kappa shape index (κ1) is 25.2. The number of allylic oxidation sites excluding steroid dienone is 2. The molecule has 35 heavy (non-hydrogen) atoms. The van der Waals surface area contributed by atoms with Crippen molar-refractivity contribution in [1.82, 2.24) is 15.7 Å². The number of urea groups is 1. The molecule has 2 atom stereocenters. The zero-order valence-electron chi connectivity index (χ0n) is 19.5. The molecule has 2 unspecified atom stereocenters. The summed E-state index contributed by atoms with van der Waals surface area (Å²) in [7, 11) is 3.07. The molecule has 2 amide bonds. The SMILES string of the molecule is C=Cc1c(OC)cc(OC)cc1C(Nc1ccc(C#N)cc1)C(N)NC(=O)NC1=CC=CCN1O. The van der Waals surface area contributed by atoms with Gasteiger partial charge in [0.25, 0.3) is 0 Å². The van der Waals surface area contributed by atoms with E-state index in [1.807, 2.05) is 0 Å². The molecule has 1 aliphatic rings. The summed E-state index contributed by atoms with van der Waals surface area (Å²) in [6, 6.07) is 11.1. The maximum absolute atomic E-state index is 12.7. The third-order valence-corrected chi connectivity index (χ3v) is 5.32. The summed E-state index contributed by atoms with van der Waals surface area (Å²) in [4.78, 5) is 12.7. The van der Waals surface area contributed by atoms with Gasteiger partial charge >= 0.3 is 6.03 Å². The van der Waals surface area contributed by atoms with Gasteiger partial charge in [-0.15, -0.1) is 0 Å². The molecule has 0 aliphatic carbocycles. The minimum absolute atomic E-state index is 0.212. The number of hydrogen-bond acceptors (Lipinski definition) is 8. The summed E-state index contributed by atoms with van der Waals surface area (Å²) in [6.45, 7) is 4.14. The monoisotopic (exact) mass is 476 g/mol. The average molecular weight is 477 g/mol. The first-order chi connectivity index (χ1) is 16.9. The van der Waals surface area contributed by atoms with E-state index in [1.54, 1.807) is 60.7 Å². The highest BCUT2D eigenvalue weighted by molar-refractivity contribution is 5.76. The Morgan fingerprint density at radius 1 is 1.29 bits per heavy atom. The molecule has 0 saturated heterocycles. The van der Waals surface area contributed by atoms with Crippen LogP contribution in [0, 0.1) is 11.3 Å². The van der Waals surface area contributed by atoms with Crippen molar-refractivity contribution in [3.63, 3.8) is 0 Å². The predicted octanol–water partition coefficient (Wildman–Crippen LogP) is 3.06. The number of hydrogen-bond donors (Lipinski definition) is 5. The molecule has 0 saturated carbocycles. The molecule has 1 aliphatic heterocycles. The normalized spacial score (nSPS) is 14.1. The Morgan fingerprint density at radius 2 is 2.03 bits per heavy atom. The van der Waals surface area contributed by atoms with Crippen molar-refractivity contribution in [2.45, 2.75) is 12.2 Å². The summed E-state index contributed by atoms with van der Waals surface area (Å²) in [5.74, 6) is 1.26. The van der Waals surface area contributed by atoms with E-state index in [2.05, 4.69) is 28.6 Å². The standard InChI is InChI=1S/C25H28N6O4/c1-4-19-20(13-18(34-2)14-21(19)35-3)23(28-17-10-8-16(15-26)9-11-17)24(27)30-25(32)29-22-7-5-6-12-31(22)33/h4-11,13-14,23-24,28,33H,1,12,27H2,2-3H3,(H2,29,30,32). The van der Waals surface area contributed by atoms with Gasteiger partial charge in [-0.2, -0.15) is 5.26 Å². The number of benzene rings is 2. The lowest BCUT2D eigenvalue weighted by Gasteiger charge is -2.30. The maximum Gasteiger partial charge on any atom is 0.321 e. The van der Waals surface area contributed by atoms with Crippen LogP contribution in [0.15, 0.2) is 67.0 Å². The van der Waals surface area contributed by atoms with Crippen LogP contribution in [0.4, 0.5) is 10.5 Å². The Hall–Kier alpha value is -4.46. The van der Waals surface area contributed by atoms with Crippen molar-refractivity contribution in [2.75, 3.05) is 26.1 Å². The number of nitrogens with zero attached hydrogens (tertiary/aromatic N) is 2. The van der Waals surface area contributed by atoms with E-state index >= 15 is 0 Å². The topological polar surface area (TPSA) is 145 Å². The van der Waals surface area contributed by atoms with Gasteiger partial charge in [0.1, 0.15) is 23.5 Å². The molecule has 6 N–H and O–H groups in total. The molecule has 0 spiro atoms. The van der Waals surface area contributed by atoms with Crippen molar-refractivity contribution in [1.29, 1.82) is 5.26 Å². The predicted molar refractivity (Wildman–Crippen MR) is 133 cm³/mol. The highest BCUT2D eigenvalue weighted by Gasteiger charge is 2.27. The minimum Gasteiger partial charge on any atom is -0.497 e. The molecule has 182 valence electrons. The summed E-state index contributed by atoms with van der Waals surface area (Å²) < 4.78 is 11.0. The Labute approximate surface area is 203 Å². The highest BCUT2D eigenvalue weighted by Crippen LogP contribution is 2.35. The number of carbonyl (C=O) groups excluding carboxylic acids is 1. The fourth-order valence-corrected chi connectivity index (χ4v) is 3.56. The first-order valence-corrected chi connectivity index (χ1v) is 10.7. The summed E-state index contributed by atoms with van der Waals surface area (Å²) >= 11 is 0. The molecule has 0 bridgehead atoms. The van der Waals surface area contributed by atoms with Gasteiger partial charge in [-0.1, -0.05) is 24.8 Å². The molecule has 0 radical (unpaired) electrons. The zero-order valence-corrected chi connectivity index (χ0v) is 19.5. The Bertz CT molecular complexity index is 1170. The second kappa shape index (κ2) is 11.6. The quantitative estimate of drug-likeness (QED) is 0.347. The molecule has 10 nitrogen and oxygen atoms in total. The number of nitriles is 1. The number of rotatable bonds is 9. The second-order valence-electron chi connectivity index (χ2n) is 7.53. The largest absolute Gasteiger partial charge is 0.497 e. The third-order valence-electron chi connectivity index (χ3n) is 5.32. The molecule has 1 heterocycles. The van der Waals surface area contributed by atoms with Gasteiger partial charge < -0.3 is 25.8 Å². The molecule has 10 heteroatoms. The van der Waals surface area contributed by atoms with Crippen LogP contribution in [-0.2, 0) is 0 Å². The number of ether oxygens (including phenoxy) is 2. The lowest BCUT2D eigenvalue weighted by Crippen LogP contribution is -2.52. The number of amides is 2. The molecular formula is C25H28N6O4. The zero-order chi connectivity index (χ0) is 25.4. The summed E-state index contributed by atoms with van der Waals surface area (Å²) in [5.41, 5.74) is 9.00. The molecule has 0 fully saturated rings. The van der Waals surface area contributed by atoms with E-state index < -0.39 is 18.2 Å². The van der Waals surface area contributed by atoms with Gasteiger partial charge in [0, 0.05) is 17.3 Å². The van der Waals surface area contributed by atoms with Crippen LogP contribution in [0.1, 0.15) is 22.7 Å². The second-order valence-corrected chi connectivity index (χ2v) is 7.53. The first-order valence-electron chi connectivity index (χ1n) is 10.7. The third kappa shape index (κ3) is 6.11. The van der Waals surface area contributed by atoms with Crippen molar-refractivity contribution in [2.24, 2.45) is 5.73 Å². The Morgan fingerprint density at radius 3 is 2.63 bits per heavy atom. The van der Waals surface area contributed by atoms with E-state index in [4.69, 9.17) is 20.5 Å². The van der Waals surface area contributed by atoms with Crippen molar-refractivity contribution < 1.29 is 19.5 Å². The fraction of sp³-hybridized carbons (Fsp3) is 0.200. The molecular weight excluding hydrogens is 448 g/mol. The van der Waals surface area contributed by atoms with Gasteiger partial charge in [0.05, 0.1) is 38.4 Å². The average Bonchev–Trinajstić information content (AvgIpc) is 2.87. The Kier molecular flexibility index (Phi) is 8.34. The van der Waals surface area contributed by atoms with Crippen LogP contribution in [0.3, 0.4) is 0 Å². The highest BCUT2D eigenvalue weighted by atomic mass is 16.5. The number of carbonyl (C=O) groups is 1. The van der Waals surface area contributed by atoms with Crippen LogP contribution >= 0.6 is 0 Å². The molecule has 2 aromatic carbocycles.